The SMILES string of the molecule is Cc1ccc(C(Cl)CC(Cl)c2ccccc2C)cc1. The number of halogens is 2. The van der Waals surface area contributed by atoms with Crippen molar-refractivity contribution < 1.29 is 0 Å². The zero-order valence-corrected chi connectivity index (χ0v) is 12.7. The molecule has 0 radical (unpaired) electrons. The highest BCUT2D eigenvalue weighted by Crippen LogP contribution is 2.36. The molecule has 0 N–H and O–H groups in total. The number of aryl methyl sites for hydroxylation is 2. The molecule has 0 aromatic heterocycles. The highest BCUT2D eigenvalue weighted by atomic mass is 35.5. The lowest BCUT2D eigenvalue weighted by atomic mass is 9.99. The van der Waals surface area contributed by atoms with E-state index in [-0.39, 0.29) is 10.8 Å². The van der Waals surface area contributed by atoms with Crippen LogP contribution in [0, 0.1) is 13.8 Å². The summed E-state index contributed by atoms with van der Waals surface area (Å²) in [4.78, 5) is 0. The normalized spacial score (nSPS) is 14.1. The topological polar surface area (TPSA) is 0 Å². The molecule has 0 saturated carbocycles. The number of benzene rings is 2. The molecule has 0 saturated heterocycles. The molecule has 0 heterocycles. The molecule has 0 aliphatic rings. The summed E-state index contributed by atoms with van der Waals surface area (Å²) in [6.07, 6.45) is 0.733. The van der Waals surface area contributed by atoms with Crippen molar-refractivity contribution in [2.75, 3.05) is 0 Å². The quantitative estimate of drug-likeness (QED) is 0.611. The van der Waals surface area contributed by atoms with E-state index in [9.17, 15) is 0 Å². The van der Waals surface area contributed by atoms with Gasteiger partial charge in [-0.15, -0.1) is 23.2 Å². The minimum atomic E-state index is -0.0530. The number of hydrogen-bond donors (Lipinski definition) is 0. The molecule has 0 aliphatic heterocycles. The van der Waals surface area contributed by atoms with Crippen molar-refractivity contribution in [3.05, 3.63) is 70.8 Å². The van der Waals surface area contributed by atoms with Crippen LogP contribution in [-0.2, 0) is 0 Å². The van der Waals surface area contributed by atoms with Crippen LogP contribution in [-0.4, -0.2) is 0 Å². The van der Waals surface area contributed by atoms with E-state index in [1.54, 1.807) is 0 Å². The molecule has 0 spiro atoms. The van der Waals surface area contributed by atoms with Gasteiger partial charge in [-0.1, -0.05) is 54.1 Å². The van der Waals surface area contributed by atoms with Crippen LogP contribution in [0.5, 0.6) is 0 Å². The van der Waals surface area contributed by atoms with Gasteiger partial charge in [0.05, 0.1) is 10.8 Å². The van der Waals surface area contributed by atoms with Gasteiger partial charge in [0.1, 0.15) is 0 Å². The van der Waals surface area contributed by atoms with Gasteiger partial charge in [0.25, 0.3) is 0 Å². The second-order valence-corrected chi connectivity index (χ2v) is 5.99. The number of hydrogen-bond acceptors (Lipinski definition) is 0. The highest BCUT2D eigenvalue weighted by molar-refractivity contribution is 6.23. The van der Waals surface area contributed by atoms with Gasteiger partial charge in [-0.25, -0.2) is 0 Å². The number of alkyl halides is 2. The summed E-state index contributed by atoms with van der Waals surface area (Å²) in [7, 11) is 0. The molecule has 19 heavy (non-hydrogen) atoms. The average Bonchev–Trinajstić information content (AvgIpc) is 2.39. The summed E-state index contributed by atoms with van der Waals surface area (Å²) in [5, 5.41) is -0.104. The average molecular weight is 293 g/mol. The Morgan fingerprint density at radius 1 is 0.842 bits per heavy atom. The smallest absolute Gasteiger partial charge is 0.0605 e. The van der Waals surface area contributed by atoms with Gasteiger partial charge in [0, 0.05) is 0 Å². The highest BCUT2D eigenvalue weighted by Gasteiger charge is 2.17. The maximum atomic E-state index is 6.50. The van der Waals surface area contributed by atoms with Crippen LogP contribution in [0.2, 0.25) is 0 Å². The van der Waals surface area contributed by atoms with Crippen molar-refractivity contribution in [1.82, 2.24) is 0 Å². The van der Waals surface area contributed by atoms with E-state index < -0.39 is 0 Å². The van der Waals surface area contributed by atoms with Crippen molar-refractivity contribution in [3.63, 3.8) is 0 Å². The molecule has 2 rings (SSSR count). The van der Waals surface area contributed by atoms with Crippen LogP contribution in [0.25, 0.3) is 0 Å². The first-order valence-corrected chi connectivity index (χ1v) is 7.35. The first-order valence-electron chi connectivity index (χ1n) is 6.48. The van der Waals surface area contributed by atoms with Crippen molar-refractivity contribution in [2.24, 2.45) is 0 Å². The third kappa shape index (κ3) is 3.75. The van der Waals surface area contributed by atoms with Crippen LogP contribution in [0.1, 0.15) is 39.4 Å². The lowest BCUT2D eigenvalue weighted by molar-refractivity contribution is 0.765. The van der Waals surface area contributed by atoms with Gasteiger partial charge in [-0.05, 0) is 37.0 Å². The van der Waals surface area contributed by atoms with E-state index in [2.05, 4.69) is 50.2 Å². The Bertz CT molecular complexity index is 531. The molecule has 0 nitrogen and oxygen atoms in total. The lowest BCUT2D eigenvalue weighted by Crippen LogP contribution is -1.99. The largest absolute Gasteiger partial charge is 0.118 e. The molecule has 2 aromatic carbocycles. The third-order valence-corrected chi connectivity index (χ3v) is 4.22. The predicted molar refractivity (Wildman–Crippen MR) is 84.2 cm³/mol. The van der Waals surface area contributed by atoms with Crippen LogP contribution in [0.15, 0.2) is 48.5 Å². The summed E-state index contributed by atoms with van der Waals surface area (Å²) < 4.78 is 0. The van der Waals surface area contributed by atoms with Crippen molar-refractivity contribution in [2.45, 2.75) is 31.0 Å². The summed E-state index contributed by atoms with van der Waals surface area (Å²) >= 11 is 13.0. The molecular formula is C17H18Cl2. The molecule has 0 fully saturated rings. The second-order valence-electron chi connectivity index (χ2n) is 4.94. The van der Waals surface area contributed by atoms with E-state index >= 15 is 0 Å². The third-order valence-electron chi connectivity index (χ3n) is 3.38. The van der Waals surface area contributed by atoms with Crippen LogP contribution >= 0.6 is 23.2 Å². The molecule has 2 atom stereocenters. The molecule has 2 aromatic rings. The molecule has 100 valence electrons. The second kappa shape index (κ2) is 6.45. The van der Waals surface area contributed by atoms with Gasteiger partial charge >= 0.3 is 0 Å². The van der Waals surface area contributed by atoms with Crippen LogP contribution in [0.3, 0.4) is 0 Å². The minimum absolute atomic E-state index is 0.0509. The Morgan fingerprint density at radius 2 is 1.47 bits per heavy atom. The standard InChI is InChI=1S/C17H18Cl2/c1-12-7-9-14(10-8-12)16(18)11-17(19)15-6-4-3-5-13(15)2/h3-10,16-17H,11H2,1-2H3. The Kier molecular flexibility index (Phi) is 4.90. The molecule has 0 aliphatic carbocycles. The fraction of sp³-hybridized carbons (Fsp3) is 0.294. The summed E-state index contributed by atoms with van der Waals surface area (Å²) in [6, 6.07) is 16.5. The first kappa shape index (κ1) is 14.4. The Labute approximate surface area is 125 Å². The summed E-state index contributed by atoms with van der Waals surface area (Å²) in [5.74, 6) is 0. The fourth-order valence-corrected chi connectivity index (χ4v) is 3.00. The van der Waals surface area contributed by atoms with E-state index in [1.807, 2.05) is 12.1 Å². The molecule has 2 unspecified atom stereocenters. The zero-order valence-electron chi connectivity index (χ0n) is 11.2. The molecular weight excluding hydrogens is 275 g/mol. The fourth-order valence-electron chi connectivity index (χ4n) is 2.16. The number of rotatable bonds is 4. The molecule has 0 bridgehead atoms. The maximum Gasteiger partial charge on any atom is 0.0605 e. The van der Waals surface area contributed by atoms with E-state index in [0.717, 1.165) is 12.0 Å². The first-order chi connectivity index (χ1) is 9.08. The molecule has 2 heteroatoms. The van der Waals surface area contributed by atoms with Gasteiger partial charge < -0.3 is 0 Å². The Balaban J connectivity index is 2.08. The Morgan fingerprint density at radius 3 is 2.11 bits per heavy atom. The summed E-state index contributed by atoms with van der Waals surface area (Å²) in [5.41, 5.74) is 4.76. The van der Waals surface area contributed by atoms with Crippen molar-refractivity contribution in [3.8, 4) is 0 Å². The maximum absolute atomic E-state index is 6.50. The van der Waals surface area contributed by atoms with Gasteiger partial charge in [-0.2, -0.15) is 0 Å². The van der Waals surface area contributed by atoms with Crippen molar-refractivity contribution >= 4 is 23.2 Å². The molecule has 0 amide bonds. The van der Waals surface area contributed by atoms with Crippen LogP contribution < -0.4 is 0 Å². The minimum Gasteiger partial charge on any atom is -0.118 e. The van der Waals surface area contributed by atoms with Gasteiger partial charge in [-0.3, -0.25) is 0 Å². The van der Waals surface area contributed by atoms with Crippen LogP contribution in [0.4, 0.5) is 0 Å². The van der Waals surface area contributed by atoms with E-state index in [1.165, 1.54) is 16.7 Å². The van der Waals surface area contributed by atoms with Gasteiger partial charge in [0.2, 0.25) is 0 Å². The monoisotopic (exact) mass is 292 g/mol. The van der Waals surface area contributed by atoms with Crippen molar-refractivity contribution in [1.29, 1.82) is 0 Å². The Hall–Kier alpha value is -0.980. The van der Waals surface area contributed by atoms with Gasteiger partial charge in [0.15, 0.2) is 0 Å². The van der Waals surface area contributed by atoms with E-state index in [4.69, 9.17) is 23.2 Å². The summed E-state index contributed by atoms with van der Waals surface area (Å²) in [6.45, 7) is 4.16. The lowest BCUT2D eigenvalue weighted by Gasteiger charge is -2.16. The predicted octanol–water partition coefficient (Wildman–Crippen LogP) is 5.95. The zero-order chi connectivity index (χ0) is 13.8. The van der Waals surface area contributed by atoms with E-state index in [0.29, 0.717) is 0 Å².